The van der Waals surface area contributed by atoms with E-state index in [-0.39, 0.29) is 12.2 Å². The van der Waals surface area contributed by atoms with Gasteiger partial charge in [-0.25, -0.2) is 0 Å². The maximum absolute atomic E-state index is 10.9. The van der Waals surface area contributed by atoms with Gasteiger partial charge in [0, 0.05) is 15.5 Å². The Morgan fingerprint density at radius 1 is 1.53 bits per heavy atom. The van der Waals surface area contributed by atoms with E-state index < -0.39 is 11.4 Å². The van der Waals surface area contributed by atoms with Crippen molar-refractivity contribution in [2.75, 3.05) is 7.11 Å². The van der Waals surface area contributed by atoms with Crippen LogP contribution in [-0.4, -0.2) is 23.3 Å². The van der Waals surface area contributed by atoms with Crippen molar-refractivity contribution < 1.29 is 19.7 Å². The first-order valence-electron chi connectivity index (χ1n) is 5.28. The molecule has 1 aromatic carbocycles. The zero-order chi connectivity index (χ0) is 12.6. The molecule has 2 rings (SSSR count). The summed E-state index contributed by atoms with van der Waals surface area (Å²) in [6.07, 6.45) is 1.59. The molecule has 0 heterocycles. The molecule has 5 heteroatoms. The van der Waals surface area contributed by atoms with Crippen LogP contribution in [0.1, 0.15) is 24.8 Å². The van der Waals surface area contributed by atoms with Crippen LogP contribution in [0.3, 0.4) is 0 Å². The van der Waals surface area contributed by atoms with Crippen molar-refractivity contribution in [2.24, 2.45) is 0 Å². The van der Waals surface area contributed by atoms with Crippen LogP contribution in [0.5, 0.6) is 11.5 Å². The zero-order valence-corrected chi connectivity index (χ0v) is 11.0. The number of aliphatic carboxylic acids is 1. The Morgan fingerprint density at radius 3 is 2.65 bits per heavy atom. The summed E-state index contributed by atoms with van der Waals surface area (Å²) in [6, 6.07) is 3.43. The van der Waals surface area contributed by atoms with Crippen LogP contribution in [0.15, 0.2) is 16.6 Å². The van der Waals surface area contributed by atoms with Crippen LogP contribution in [0, 0.1) is 0 Å². The van der Waals surface area contributed by atoms with Gasteiger partial charge in [0.2, 0.25) is 0 Å². The summed E-state index contributed by atoms with van der Waals surface area (Å²) in [6.45, 7) is 0. The van der Waals surface area contributed by atoms with Gasteiger partial charge in [-0.2, -0.15) is 0 Å². The lowest BCUT2D eigenvalue weighted by atomic mass is 9.91. The number of ether oxygens (including phenoxy) is 1. The van der Waals surface area contributed by atoms with Crippen molar-refractivity contribution >= 4 is 21.9 Å². The third-order valence-corrected chi connectivity index (χ3v) is 3.84. The lowest BCUT2D eigenvalue weighted by Crippen LogP contribution is -2.14. The van der Waals surface area contributed by atoms with Crippen LogP contribution in [0.4, 0.5) is 0 Å². The summed E-state index contributed by atoms with van der Waals surface area (Å²) in [5.74, 6) is -0.433. The molecule has 2 N–H and O–H groups in total. The molecule has 0 atom stereocenters. The van der Waals surface area contributed by atoms with Gasteiger partial charge in [-0.15, -0.1) is 0 Å². The Bertz CT molecular complexity index is 466. The molecule has 0 aliphatic heterocycles. The molecule has 0 aromatic heterocycles. The molecule has 0 spiro atoms. The Hall–Kier alpha value is -1.23. The van der Waals surface area contributed by atoms with E-state index in [9.17, 15) is 9.90 Å². The molecule has 0 unspecified atom stereocenters. The molecule has 0 bridgehead atoms. The van der Waals surface area contributed by atoms with Gasteiger partial charge >= 0.3 is 5.97 Å². The van der Waals surface area contributed by atoms with Crippen LogP contribution in [0.2, 0.25) is 0 Å². The highest BCUT2D eigenvalue weighted by Gasteiger charge is 2.49. The second-order valence-electron chi connectivity index (χ2n) is 4.32. The second-order valence-corrected chi connectivity index (χ2v) is 5.18. The normalized spacial score (nSPS) is 16.6. The van der Waals surface area contributed by atoms with Gasteiger partial charge in [0.15, 0.2) is 11.5 Å². The van der Waals surface area contributed by atoms with Crippen molar-refractivity contribution in [1.82, 2.24) is 0 Å². The highest BCUT2D eigenvalue weighted by atomic mass is 79.9. The molecule has 1 saturated carbocycles. The van der Waals surface area contributed by atoms with Crippen LogP contribution in [-0.2, 0) is 10.2 Å². The Balaban J connectivity index is 2.48. The fourth-order valence-electron chi connectivity index (χ4n) is 2.17. The average molecular weight is 301 g/mol. The third kappa shape index (κ3) is 2.11. The summed E-state index contributed by atoms with van der Waals surface area (Å²) >= 11 is 3.37. The summed E-state index contributed by atoms with van der Waals surface area (Å²) in [7, 11) is 1.48. The summed E-state index contributed by atoms with van der Waals surface area (Å²) in [5.41, 5.74) is 0.211. The third-order valence-electron chi connectivity index (χ3n) is 3.18. The van der Waals surface area contributed by atoms with Crippen molar-refractivity contribution in [1.29, 1.82) is 0 Å². The van der Waals surface area contributed by atoms with E-state index in [2.05, 4.69) is 15.9 Å². The minimum atomic E-state index is -0.850. The topological polar surface area (TPSA) is 66.8 Å². The lowest BCUT2D eigenvalue weighted by Gasteiger charge is -2.18. The van der Waals surface area contributed by atoms with E-state index in [1.54, 1.807) is 12.1 Å². The zero-order valence-electron chi connectivity index (χ0n) is 9.36. The molecule has 17 heavy (non-hydrogen) atoms. The van der Waals surface area contributed by atoms with Gasteiger partial charge in [0.05, 0.1) is 13.5 Å². The monoisotopic (exact) mass is 300 g/mol. The lowest BCUT2D eigenvalue weighted by molar-refractivity contribution is -0.137. The van der Waals surface area contributed by atoms with E-state index in [0.29, 0.717) is 11.3 Å². The number of hydrogen-bond acceptors (Lipinski definition) is 3. The van der Waals surface area contributed by atoms with E-state index in [1.807, 2.05) is 0 Å². The number of rotatable bonds is 4. The predicted molar refractivity (Wildman–Crippen MR) is 65.5 cm³/mol. The van der Waals surface area contributed by atoms with Crippen molar-refractivity contribution in [3.63, 3.8) is 0 Å². The average Bonchev–Trinajstić information content (AvgIpc) is 2.97. The number of phenolic OH excluding ortho intramolecular Hbond substituents is 1. The van der Waals surface area contributed by atoms with Gasteiger partial charge in [-0.3, -0.25) is 4.79 Å². The molecule has 0 amide bonds. The first-order valence-corrected chi connectivity index (χ1v) is 6.07. The summed E-state index contributed by atoms with van der Waals surface area (Å²) in [4.78, 5) is 10.9. The van der Waals surface area contributed by atoms with Gasteiger partial charge in [-0.05, 0) is 25.0 Å². The highest BCUT2D eigenvalue weighted by Crippen LogP contribution is 2.57. The maximum atomic E-state index is 10.9. The number of benzene rings is 1. The largest absolute Gasteiger partial charge is 0.504 e. The quantitative estimate of drug-likeness (QED) is 0.897. The van der Waals surface area contributed by atoms with Crippen molar-refractivity contribution in [3.8, 4) is 11.5 Å². The van der Waals surface area contributed by atoms with Crippen LogP contribution >= 0.6 is 15.9 Å². The van der Waals surface area contributed by atoms with Gasteiger partial charge in [-0.1, -0.05) is 15.9 Å². The summed E-state index contributed by atoms with van der Waals surface area (Å²) in [5, 5.41) is 19.0. The Morgan fingerprint density at radius 2 is 2.18 bits per heavy atom. The fourth-order valence-corrected chi connectivity index (χ4v) is 2.91. The van der Waals surface area contributed by atoms with Gasteiger partial charge in [0.25, 0.3) is 0 Å². The minimum Gasteiger partial charge on any atom is -0.504 e. The minimum absolute atomic E-state index is 0.0341. The summed E-state index contributed by atoms with van der Waals surface area (Å²) < 4.78 is 5.78. The van der Waals surface area contributed by atoms with Gasteiger partial charge < -0.3 is 14.9 Å². The first-order chi connectivity index (χ1) is 8.00. The molecule has 0 radical (unpaired) electrons. The number of halogens is 1. The van der Waals surface area contributed by atoms with E-state index in [1.165, 1.54) is 7.11 Å². The maximum Gasteiger partial charge on any atom is 0.304 e. The molecule has 1 aliphatic rings. The standard InChI is InChI=1S/C12H13BrO4/c1-17-8-3-2-7(13)10(11(8)16)12(4-5-12)6-9(14)15/h2-3,16H,4-6H2,1H3,(H,14,15). The SMILES string of the molecule is COc1ccc(Br)c(C2(CC(=O)O)CC2)c1O. The smallest absolute Gasteiger partial charge is 0.304 e. The number of phenols is 1. The molecule has 4 nitrogen and oxygen atoms in total. The molecule has 1 fully saturated rings. The van der Waals surface area contributed by atoms with Crippen molar-refractivity contribution in [3.05, 3.63) is 22.2 Å². The Kier molecular flexibility index (Phi) is 3.03. The number of carboxylic acid groups (broad SMARTS) is 1. The first kappa shape index (κ1) is 12.2. The van der Waals surface area contributed by atoms with E-state index in [0.717, 1.165) is 17.3 Å². The van der Waals surface area contributed by atoms with E-state index >= 15 is 0 Å². The molecule has 1 aliphatic carbocycles. The van der Waals surface area contributed by atoms with Crippen LogP contribution in [0.25, 0.3) is 0 Å². The van der Waals surface area contributed by atoms with Crippen molar-refractivity contribution in [2.45, 2.75) is 24.7 Å². The molecule has 1 aromatic rings. The molecular weight excluding hydrogens is 288 g/mol. The number of carbonyl (C=O) groups is 1. The number of carboxylic acids is 1. The molecule has 92 valence electrons. The van der Waals surface area contributed by atoms with Crippen LogP contribution < -0.4 is 4.74 Å². The predicted octanol–water partition coefficient (Wildman–Crippen LogP) is 2.67. The number of aromatic hydroxyl groups is 1. The fraction of sp³-hybridized carbons (Fsp3) is 0.417. The number of hydrogen-bond donors (Lipinski definition) is 2. The van der Waals surface area contributed by atoms with Gasteiger partial charge in [0.1, 0.15) is 0 Å². The van der Waals surface area contributed by atoms with E-state index in [4.69, 9.17) is 9.84 Å². The highest BCUT2D eigenvalue weighted by molar-refractivity contribution is 9.10. The molecule has 0 saturated heterocycles. The Labute approximate surface area is 107 Å². The second kappa shape index (κ2) is 4.22. The molecular formula is C12H13BrO4. The number of methoxy groups -OCH3 is 1.